The topological polar surface area (TPSA) is 93.5 Å². The third-order valence-electron chi connectivity index (χ3n) is 6.31. The fraction of sp³-hybridized carbons (Fsp3) is 0.440. The predicted molar refractivity (Wildman–Crippen MR) is 132 cm³/mol. The molecule has 34 heavy (non-hydrogen) atoms. The van der Waals surface area contributed by atoms with E-state index in [9.17, 15) is 13.2 Å². The van der Waals surface area contributed by atoms with Crippen LogP contribution in [-0.4, -0.2) is 54.5 Å². The van der Waals surface area contributed by atoms with Crippen molar-refractivity contribution in [2.75, 3.05) is 31.6 Å². The first-order chi connectivity index (χ1) is 16.3. The standard InChI is InChI=1S/C25H32N4O4S/c1-4-12-29-23-9-8-20(34(31,32)28-13-15-33-16-14-28)17-22(23)26-24(29)10-11-25(30)27-21-7-5-6-18(2)19(21)3/h5-9,17H,4,10-16H2,1-3H3,(H,27,30). The number of anilines is 1. The summed E-state index contributed by atoms with van der Waals surface area (Å²) in [6.07, 6.45) is 1.66. The number of rotatable bonds is 8. The van der Waals surface area contributed by atoms with Crippen molar-refractivity contribution in [1.82, 2.24) is 13.9 Å². The number of nitrogens with zero attached hydrogens (tertiary/aromatic N) is 3. The van der Waals surface area contributed by atoms with Gasteiger partial charge >= 0.3 is 0 Å². The lowest BCUT2D eigenvalue weighted by Gasteiger charge is -2.26. The maximum absolute atomic E-state index is 13.1. The lowest BCUT2D eigenvalue weighted by atomic mass is 10.1. The summed E-state index contributed by atoms with van der Waals surface area (Å²) in [5, 5.41) is 3.00. The Labute approximate surface area is 201 Å². The Bertz CT molecular complexity index is 1290. The number of amides is 1. The van der Waals surface area contributed by atoms with E-state index in [0.29, 0.717) is 44.7 Å². The normalized spacial score (nSPS) is 15.0. The van der Waals surface area contributed by atoms with Gasteiger partial charge in [0, 0.05) is 38.2 Å². The maximum Gasteiger partial charge on any atom is 0.243 e. The number of carbonyl (C=O) groups excluding carboxylic acids is 1. The molecule has 1 amide bonds. The molecular weight excluding hydrogens is 452 g/mol. The number of morpholine rings is 1. The molecule has 9 heteroatoms. The van der Waals surface area contributed by atoms with Crippen LogP contribution >= 0.6 is 0 Å². The third-order valence-corrected chi connectivity index (χ3v) is 8.20. The van der Waals surface area contributed by atoms with Gasteiger partial charge in [-0.3, -0.25) is 4.79 Å². The number of aromatic nitrogens is 2. The van der Waals surface area contributed by atoms with Gasteiger partial charge < -0.3 is 14.6 Å². The predicted octanol–water partition coefficient (Wildman–Crippen LogP) is 3.66. The minimum absolute atomic E-state index is 0.0700. The SMILES string of the molecule is CCCn1c(CCC(=O)Nc2cccc(C)c2C)nc2cc(S(=O)(=O)N3CCOCC3)ccc21. The number of sulfonamides is 1. The molecule has 0 radical (unpaired) electrons. The zero-order chi connectivity index (χ0) is 24.3. The summed E-state index contributed by atoms with van der Waals surface area (Å²) in [7, 11) is -3.60. The lowest BCUT2D eigenvalue weighted by Crippen LogP contribution is -2.40. The van der Waals surface area contributed by atoms with Crippen molar-refractivity contribution in [2.24, 2.45) is 0 Å². The van der Waals surface area contributed by atoms with Gasteiger partial charge in [-0.2, -0.15) is 4.31 Å². The summed E-state index contributed by atoms with van der Waals surface area (Å²) < 4.78 is 35.0. The first-order valence-corrected chi connectivity index (χ1v) is 13.2. The van der Waals surface area contributed by atoms with Crippen LogP contribution in [0.3, 0.4) is 0 Å². The fourth-order valence-electron chi connectivity index (χ4n) is 4.24. The third kappa shape index (κ3) is 5.01. The van der Waals surface area contributed by atoms with Crippen LogP contribution in [-0.2, 0) is 32.5 Å². The van der Waals surface area contributed by atoms with Crippen molar-refractivity contribution >= 4 is 32.7 Å². The van der Waals surface area contributed by atoms with Crippen LogP contribution in [0.25, 0.3) is 11.0 Å². The molecule has 3 aromatic rings. The number of benzene rings is 2. The van der Waals surface area contributed by atoms with Crippen LogP contribution in [0, 0.1) is 13.8 Å². The summed E-state index contributed by atoms with van der Waals surface area (Å²) in [5.74, 6) is 0.716. The van der Waals surface area contributed by atoms with Gasteiger partial charge in [-0.1, -0.05) is 19.1 Å². The Morgan fingerprint density at radius 2 is 1.91 bits per heavy atom. The molecule has 1 aliphatic heterocycles. The zero-order valence-electron chi connectivity index (χ0n) is 20.0. The summed E-state index contributed by atoms with van der Waals surface area (Å²) in [6, 6.07) is 11.0. The van der Waals surface area contributed by atoms with E-state index >= 15 is 0 Å². The fourth-order valence-corrected chi connectivity index (χ4v) is 5.67. The summed E-state index contributed by atoms with van der Waals surface area (Å²) in [6.45, 7) is 8.36. The van der Waals surface area contributed by atoms with E-state index in [4.69, 9.17) is 9.72 Å². The van der Waals surface area contributed by atoms with Gasteiger partial charge in [-0.15, -0.1) is 0 Å². The van der Waals surface area contributed by atoms with Crippen molar-refractivity contribution in [1.29, 1.82) is 0 Å². The van der Waals surface area contributed by atoms with Crippen molar-refractivity contribution in [3.63, 3.8) is 0 Å². The van der Waals surface area contributed by atoms with E-state index in [-0.39, 0.29) is 10.8 Å². The van der Waals surface area contributed by atoms with Gasteiger partial charge in [0.2, 0.25) is 15.9 Å². The molecule has 1 aliphatic rings. The molecule has 0 spiro atoms. The minimum atomic E-state index is -3.60. The highest BCUT2D eigenvalue weighted by Gasteiger charge is 2.27. The van der Waals surface area contributed by atoms with Gasteiger partial charge in [-0.05, 0) is 55.7 Å². The quantitative estimate of drug-likeness (QED) is 0.527. The number of aryl methyl sites for hydroxylation is 3. The van der Waals surface area contributed by atoms with Crippen molar-refractivity contribution in [3.8, 4) is 0 Å². The monoisotopic (exact) mass is 484 g/mol. The van der Waals surface area contributed by atoms with E-state index in [2.05, 4.69) is 16.8 Å². The molecule has 1 aromatic heterocycles. The van der Waals surface area contributed by atoms with E-state index in [1.165, 1.54) is 4.31 Å². The maximum atomic E-state index is 13.1. The summed E-state index contributed by atoms with van der Waals surface area (Å²) in [5.41, 5.74) is 4.53. The van der Waals surface area contributed by atoms with Crippen LogP contribution in [0.2, 0.25) is 0 Å². The Morgan fingerprint density at radius 3 is 2.65 bits per heavy atom. The van der Waals surface area contributed by atoms with Crippen LogP contribution in [0.15, 0.2) is 41.3 Å². The molecule has 1 N–H and O–H groups in total. The molecular formula is C25H32N4O4S. The minimum Gasteiger partial charge on any atom is -0.379 e. The van der Waals surface area contributed by atoms with Gasteiger partial charge in [0.1, 0.15) is 5.82 Å². The number of hydrogen-bond acceptors (Lipinski definition) is 5. The van der Waals surface area contributed by atoms with Crippen LogP contribution in [0.4, 0.5) is 5.69 Å². The average Bonchev–Trinajstić information content (AvgIpc) is 3.18. The summed E-state index contributed by atoms with van der Waals surface area (Å²) >= 11 is 0. The Kier molecular flexibility index (Phi) is 7.35. The van der Waals surface area contributed by atoms with Gasteiger partial charge in [0.05, 0.1) is 29.1 Å². The largest absolute Gasteiger partial charge is 0.379 e. The molecule has 0 saturated carbocycles. The average molecular weight is 485 g/mol. The molecule has 4 rings (SSSR count). The van der Waals surface area contributed by atoms with E-state index < -0.39 is 10.0 Å². The van der Waals surface area contributed by atoms with Gasteiger partial charge in [0.25, 0.3) is 0 Å². The lowest BCUT2D eigenvalue weighted by molar-refractivity contribution is -0.116. The second kappa shape index (κ2) is 10.2. The Hall–Kier alpha value is -2.75. The van der Waals surface area contributed by atoms with Crippen molar-refractivity contribution < 1.29 is 17.9 Å². The molecule has 0 aliphatic carbocycles. The molecule has 2 aromatic carbocycles. The second-order valence-corrected chi connectivity index (χ2v) is 10.6. The highest BCUT2D eigenvalue weighted by molar-refractivity contribution is 7.89. The smallest absolute Gasteiger partial charge is 0.243 e. The number of nitrogens with one attached hydrogen (secondary N) is 1. The van der Waals surface area contributed by atoms with Gasteiger partial charge in [0.15, 0.2) is 0 Å². The number of carbonyl (C=O) groups is 1. The van der Waals surface area contributed by atoms with E-state index in [1.807, 2.05) is 38.1 Å². The summed E-state index contributed by atoms with van der Waals surface area (Å²) in [4.78, 5) is 17.6. The van der Waals surface area contributed by atoms with E-state index in [0.717, 1.165) is 41.1 Å². The highest BCUT2D eigenvalue weighted by atomic mass is 32.2. The number of hydrogen-bond donors (Lipinski definition) is 1. The molecule has 8 nitrogen and oxygen atoms in total. The molecule has 2 heterocycles. The molecule has 0 atom stereocenters. The van der Waals surface area contributed by atoms with Crippen LogP contribution in [0.1, 0.15) is 36.7 Å². The molecule has 0 unspecified atom stereocenters. The molecule has 1 fully saturated rings. The van der Waals surface area contributed by atoms with E-state index in [1.54, 1.807) is 12.1 Å². The van der Waals surface area contributed by atoms with Crippen molar-refractivity contribution in [3.05, 3.63) is 53.3 Å². The second-order valence-electron chi connectivity index (χ2n) is 8.64. The number of ether oxygens (including phenoxy) is 1. The molecule has 0 bridgehead atoms. The molecule has 182 valence electrons. The Morgan fingerprint density at radius 1 is 1.15 bits per heavy atom. The van der Waals surface area contributed by atoms with Gasteiger partial charge in [-0.25, -0.2) is 13.4 Å². The van der Waals surface area contributed by atoms with Crippen LogP contribution < -0.4 is 5.32 Å². The van der Waals surface area contributed by atoms with Crippen molar-refractivity contribution in [2.45, 2.75) is 51.5 Å². The highest BCUT2D eigenvalue weighted by Crippen LogP contribution is 2.25. The molecule has 1 saturated heterocycles. The number of fused-ring (bicyclic) bond motifs is 1. The zero-order valence-corrected chi connectivity index (χ0v) is 20.8. The first kappa shape index (κ1) is 24.4. The Balaban J connectivity index is 1.55. The van der Waals surface area contributed by atoms with Crippen LogP contribution in [0.5, 0.6) is 0 Å². The number of imidazole rings is 1. The first-order valence-electron chi connectivity index (χ1n) is 11.7.